The van der Waals surface area contributed by atoms with Crippen molar-refractivity contribution in [2.45, 2.75) is 26.3 Å². The topological polar surface area (TPSA) is 29.6 Å². The molecule has 0 bridgehead atoms. The number of nitrogens with zero attached hydrogens (tertiary/aromatic N) is 3. The van der Waals surface area contributed by atoms with Crippen LogP contribution in [0.1, 0.15) is 36.6 Å². The lowest BCUT2D eigenvalue weighted by atomic mass is 9.98. The molecule has 0 aromatic carbocycles. The molecule has 0 atom stereocenters. The lowest BCUT2D eigenvalue weighted by Crippen LogP contribution is -2.07. The zero-order valence-electron chi connectivity index (χ0n) is 12.3. The van der Waals surface area contributed by atoms with Gasteiger partial charge in [0.1, 0.15) is 6.00 Å². The third kappa shape index (κ3) is 3.24. The van der Waals surface area contributed by atoms with Gasteiger partial charge in [0.2, 0.25) is 0 Å². The van der Waals surface area contributed by atoms with E-state index in [1.54, 1.807) is 6.20 Å². The highest BCUT2D eigenvalue weighted by atomic mass is 35.5. The standard InChI is InChI=1S/C17H20ClN3/c1-4-6-14-15(16(20-12-18)8-9-19-3)11-21-10-5-7-13(2)17(14)21/h4,6,8-9,11H,2-3,5,7,10,12H2,1H3/b6-4-,9-8-,20-16+. The molecule has 2 rings (SSSR count). The highest BCUT2D eigenvalue weighted by Crippen LogP contribution is 2.32. The molecule has 0 aliphatic carbocycles. The first-order valence-electron chi connectivity index (χ1n) is 7.00. The molecule has 0 radical (unpaired) electrons. The van der Waals surface area contributed by atoms with Gasteiger partial charge in [-0.25, -0.2) is 0 Å². The minimum Gasteiger partial charge on any atom is -0.347 e. The minimum absolute atomic E-state index is 0.216. The summed E-state index contributed by atoms with van der Waals surface area (Å²) in [5, 5.41) is 0. The molecule has 0 N–H and O–H groups in total. The summed E-state index contributed by atoms with van der Waals surface area (Å²) in [5.74, 6) is 0. The zero-order chi connectivity index (χ0) is 15.2. The summed E-state index contributed by atoms with van der Waals surface area (Å²) >= 11 is 5.80. The molecule has 0 unspecified atom stereocenters. The molecule has 110 valence electrons. The summed E-state index contributed by atoms with van der Waals surface area (Å²) in [6.07, 6.45) is 11.9. The van der Waals surface area contributed by atoms with Crippen molar-refractivity contribution >= 4 is 35.7 Å². The third-order valence-electron chi connectivity index (χ3n) is 3.51. The summed E-state index contributed by atoms with van der Waals surface area (Å²) in [7, 11) is 0. The number of rotatable bonds is 5. The number of fused-ring (bicyclic) bond motifs is 1. The first-order valence-corrected chi connectivity index (χ1v) is 7.53. The van der Waals surface area contributed by atoms with Crippen LogP contribution in [0.25, 0.3) is 11.6 Å². The fourth-order valence-electron chi connectivity index (χ4n) is 2.68. The lowest BCUT2D eigenvalue weighted by molar-refractivity contribution is 0.620. The summed E-state index contributed by atoms with van der Waals surface area (Å²) in [6.45, 7) is 10.7. The first-order chi connectivity index (χ1) is 10.2. The number of aromatic nitrogens is 1. The van der Waals surface area contributed by atoms with Crippen LogP contribution in [0.2, 0.25) is 0 Å². The number of allylic oxidation sites excluding steroid dienone is 3. The number of halogens is 1. The molecule has 0 amide bonds. The van der Waals surface area contributed by atoms with Crippen molar-refractivity contribution in [3.63, 3.8) is 0 Å². The maximum atomic E-state index is 5.80. The SMILES string of the molecule is C=N/C=C\C(=N/CCl)c1cn2c(c1/C=C\C)C(=C)CCC2. The monoisotopic (exact) mass is 301 g/mol. The Bertz CT molecular complexity index is 633. The molecule has 4 heteroatoms. The van der Waals surface area contributed by atoms with Gasteiger partial charge in [-0.05, 0) is 38.1 Å². The number of hydrogen-bond donors (Lipinski definition) is 0. The van der Waals surface area contributed by atoms with Crippen molar-refractivity contribution in [2.75, 3.05) is 6.00 Å². The molecule has 3 nitrogen and oxygen atoms in total. The Morgan fingerprint density at radius 3 is 3.00 bits per heavy atom. The van der Waals surface area contributed by atoms with E-state index in [1.807, 2.05) is 19.1 Å². The van der Waals surface area contributed by atoms with E-state index < -0.39 is 0 Å². The van der Waals surface area contributed by atoms with Gasteiger partial charge in [-0.1, -0.05) is 18.7 Å². The Morgan fingerprint density at radius 1 is 1.52 bits per heavy atom. The average Bonchev–Trinajstić information content (AvgIpc) is 2.84. The van der Waals surface area contributed by atoms with Crippen LogP contribution < -0.4 is 0 Å². The van der Waals surface area contributed by atoms with Gasteiger partial charge in [-0.2, -0.15) is 0 Å². The van der Waals surface area contributed by atoms with Crippen molar-refractivity contribution in [1.82, 2.24) is 4.57 Å². The van der Waals surface area contributed by atoms with Crippen LogP contribution in [0.3, 0.4) is 0 Å². The van der Waals surface area contributed by atoms with Crippen molar-refractivity contribution in [3.05, 3.63) is 47.9 Å². The second-order valence-corrected chi connectivity index (χ2v) is 5.11. The Labute approximate surface area is 131 Å². The van der Waals surface area contributed by atoms with Gasteiger partial charge < -0.3 is 4.57 Å². The number of aliphatic imine (C=N–C) groups is 2. The van der Waals surface area contributed by atoms with Gasteiger partial charge in [-0.3, -0.25) is 9.98 Å². The molecular weight excluding hydrogens is 282 g/mol. The molecule has 21 heavy (non-hydrogen) atoms. The Hall–Kier alpha value is -1.87. The van der Waals surface area contributed by atoms with Crippen molar-refractivity contribution in [1.29, 1.82) is 0 Å². The van der Waals surface area contributed by atoms with Crippen LogP contribution in [0, 0.1) is 0 Å². The molecule has 0 spiro atoms. The third-order valence-corrected chi connectivity index (χ3v) is 3.63. The number of hydrogen-bond acceptors (Lipinski definition) is 2. The van der Waals surface area contributed by atoms with Gasteiger partial charge in [0.05, 0.1) is 11.4 Å². The molecule has 1 aliphatic rings. The summed E-state index contributed by atoms with van der Waals surface area (Å²) in [6, 6.07) is 0.216. The first kappa shape index (κ1) is 15.5. The molecule has 1 aliphatic heterocycles. The van der Waals surface area contributed by atoms with Crippen LogP contribution in [0.4, 0.5) is 0 Å². The van der Waals surface area contributed by atoms with E-state index in [1.165, 1.54) is 11.3 Å². The van der Waals surface area contributed by atoms with Crippen LogP contribution in [-0.4, -0.2) is 23.0 Å². The summed E-state index contributed by atoms with van der Waals surface area (Å²) in [5.41, 5.74) is 5.42. The fourth-order valence-corrected chi connectivity index (χ4v) is 2.81. The Kier molecular flexibility index (Phi) is 5.34. The van der Waals surface area contributed by atoms with E-state index in [0.29, 0.717) is 0 Å². The average molecular weight is 302 g/mol. The van der Waals surface area contributed by atoms with Crippen LogP contribution in [0.15, 0.2) is 41.1 Å². The van der Waals surface area contributed by atoms with Crippen molar-refractivity contribution < 1.29 is 0 Å². The van der Waals surface area contributed by atoms with Crippen molar-refractivity contribution in [3.8, 4) is 0 Å². The van der Waals surface area contributed by atoms with Gasteiger partial charge in [0.25, 0.3) is 0 Å². The fraction of sp³-hybridized carbons (Fsp3) is 0.294. The molecule has 1 aromatic heterocycles. The molecular formula is C17H20ClN3. The van der Waals surface area contributed by atoms with Gasteiger partial charge in [0.15, 0.2) is 0 Å². The normalized spacial score (nSPS) is 15.9. The maximum absolute atomic E-state index is 5.80. The van der Waals surface area contributed by atoms with E-state index >= 15 is 0 Å². The molecule has 1 aromatic rings. The van der Waals surface area contributed by atoms with E-state index in [2.05, 4.69) is 40.1 Å². The molecule has 0 saturated heterocycles. The second kappa shape index (κ2) is 7.23. The predicted molar refractivity (Wildman–Crippen MR) is 93.4 cm³/mol. The van der Waals surface area contributed by atoms with E-state index in [-0.39, 0.29) is 6.00 Å². The molecule has 0 fully saturated rings. The largest absolute Gasteiger partial charge is 0.347 e. The minimum atomic E-state index is 0.216. The van der Waals surface area contributed by atoms with Crippen molar-refractivity contribution in [2.24, 2.45) is 9.98 Å². The van der Waals surface area contributed by atoms with Gasteiger partial charge in [-0.15, -0.1) is 11.6 Å². The van der Waals surface area contributed by atoms with E-state index in [9.17, 15) is 0 Å². The number of aryl methyl sites for hydroxylation is 1. The Balaban J connectivity index is 2.62. The second-order valence-electron chi connectivity index (χ2n) is 4.87. The smallest absolute Gasteiger partial charge is 0.114 e. The quantitative estimate of drug-likeness (QED) is 0.434. The van der Waals surface area contributed by atoms with Gasteiger partial charge in [0, 0.05) is 30.1 Å². The predicted octanol–water partition coefficient (Wildman–Crippen LogP) is 4.53. The van der Waals surface area contributed by atoms with Crippen LogP contribution >= 0.6 is 11.6 Å². The molecule has 2 heterocycles. The van der Waals surface area contributed by atoms with E-state index in [4.69, 9.17) is 11.6 Å². The zero-order valence-corrected chi connectivity index (χ0v) is 13.1. The van der Waals surface area contributed by atoms with E-state index in [0.717, 1.165) is 36.2 Å². The number of alkyl halides is 1. The van der Waals surface area contributed by atoms with Crippen LogP contribution in [0.5, 0.6) is 0 Å². The lowest BCUT2D eigenvalue weighted by Gasteiger charge is -2.18. The van der Waals surface area contributed by atoms with Crippen LogP contribution in [-0.2, 0) is 6.54 Å². The highest BCUT2D eigenvalue weighted by Gasteiger charge is 2.21. The summed E-state index contributed by atoms with van der Waals surface area (Å²) < 4.78 is 2.26. The maximum Gasteiger partial charge on any atom is 0.114 e. The summed E-state index contributed by atoms with van der Waals surface area (Å²) in [4.78, 5) is 8.13. The highest BCUT2D eigenvalue weighted by molar-refractivity contribution is 6.20. The Morgan fingerprint density at radius 2 is 2.33 bits per heavy atom. The molecule has 0 saturated carbocycles. The van der Waals surface area contributed by atoms with Gasteiger partial charge >= 0.3 is 0 Å².